The molecule has 1 rings (SSSR count). The molecule has 0 radical (unpaired) electrons. The fourth-order valence-electron chi connectivity index (χ4n) is 2.10. The van der Waals surface area contributed by atoms with Gasteiger partial charge in [-0.2, -0.15) is 0 Å². The molecule has 0 aliphatic carbocycles. The third kappa shape index (κ3) is 3.45. The second kappa shape index (κ2) is 4.67. The SMILES string of the molecule is CCC(=O)C1(C)CCN(C(=O)OC(C)(C)C)C1. The van der Waals surface area contributed by atoms with Crippen molar-refractivity contribution in [3.63, 3.8) is 0 Å². The van der Waals surface area contributed by atoms with E-state index < -0.39 is 5.60 Å². The highest BCUT2D eigenvalue weighted by molar-refractivity contribution is 5.85. The molecule has 1 aliphatic rings. The average Bonchev–Trinajstić information content (AvgIpc) is 2.58. The Morgan fingerprint density at radius 1 is 1.35 bits per heavy atom. The predicted octanol–water partition coefficient (Wildman–Crippen LogP) is 2.61. The van der Waals surface area contributed by atoms with Gasteiger partial charge in [-0.15, -0.1) is 0 Å². The summed E-state index contributed by atoms with van der Waals surface area (Å²) in [5, 5.41) is 0. The maximum Gasteiger partial charge on any atom is 0.410 e. The summed E-state index contributed by atoms with van der Waals surface area (Å²) in [4.78, 5) is 25.3. The molecule has 1 heterocycles. The van der Waals surface area contributed by atoms with E-state index >= 15 is 0 Å². The van der Waals surface area contributed by atoms with Gasteiger partial charge in [-0.1, -0.05) is 13.8 Å². The molecule has 1 amide bonds. The standard InChI is InChI=1S/C13H23NO3/c1-6-10(15)13(5)7-8-14(9-13)11(16)17-12(2,3)4/h6-9H2,1-5H3. The molecular formula is C13H23NO3. The van der Waals surface area contributed by atoms with Crippen LogP contribution in [0.1, 0.15) is 47.5 Å². The van der Waals surface area contributed by atoms with Crippen LogP contribution in [-0.4, -0.2) is 35.5 Å². The quantitative estimate of drug-likeness (QED) is 0.746. The van der Waals surface area contributed by atoms with Gasteiger partial charge in [0.05, 0.1) is 0 Å². The summed E-state index contributed by atoms with van der Waals surface area (Å²) in [6.45, 7) is 10.4. The van der Waals surface area contributed by atoms with Gasteiger partial charge in [-0.3, -0.25) is 4.79 Å². The maximum absolute atomic E-state index is 11.9. The normalized spacial score (nSPS) is 24.9. The van der Waals surface area contributed by atoms with Crippen molar-refractivity contribution in [1.29, 1.82) is 0 Å². The van der Waals surface area contributed by atoms with Crippen LogP contribution in [-0.2, 0) is 9.53 Å². The lowest BCUT2D eigenvalue weighted by molar-refractivity contribution is -0.126. The van der Waals surface area contributed by atoms with Crippen molar-refractivity contribution in [1.82, 2.24) is 4.90 Å². The smallest absolute Gasteiger partial charge is 0.410 e. The first-order valence-electron chi connectivity index (χ1n) is 6.19. The summed E-state index contributed by atoms with van der Waals surface area (Å²) in [7, 11) is 0. The molecule has 98 valence electrons. The van der Waals surface area contributed by atoms with E-state index in [4.69, 9.17) is 4.74 Å². The molecule has 4 nitrogen and oxygen atoms in total. The van der Waals surface area contributed by atoms with Crippen LogP contribution in [0.25, 0.3) is 0 Å². The Morgan fingerprint density at radius 3 is 2.41 bits per heavy atom. The van der Waals surface area contributed by atoms with E-state index in [9.17, 15) is 9.59 Å². The summed E-state index contributed by atoms with van der Waals surface area (Å²) < 4.78 is 5.30. The number of nitrogens with zero attached hydrogens (tertiary/aromatic N) is 1. The molecule has 0 N–H and O–H groups in total. The number of hydrogen-bond acceptors (Lipinski definition) is 3. The molecule has 0 spiro atoms. The Kier molecular flexibility index (Phi) is 3.84. The van der Waals surface area contributed by atoms with Gasteiger partial charge in [0.25, 0.3) is 0 Å². The van der Waals surface area contributed by atoms with E-state index in [1.165, 1.54) is 0 Å². The Morgan fingerprint density at radius 2 is 1.94 bits per heavy atom. The fourth-order valence-corrected chi connectivity index (χ4v) is 2.10. The highest BCUT2D eigenvalue weighted by atomic mass is 16.6. The average molecular weight is 241 g/mol. The highest BCUT2D eigenvalue weighted by Gasteiger charge is 2.41. The second-order valence-electron chi connectivity index (χ2n) is 5.99. The minimum absolute atomic E-state index is 0.226. The van der Waals surface area contributed by atoms with Crippen molar-refractivity contribution in [2.24, 2.45) is 5.41 Å². The van der Waals surface area contributed by atoms with E-state index in [0.29, 0.717) is 19.5 Å². The lowest BCUT2D eigenvalue weighted by atomic mass is 9.84. The molecule has 0 aromatic rings. The molecule has 1 unspecified atom stereocenters. The van der Waals surface area contributed by atoms with Gasteiger partial charge in [0.2, 0.25) is 0 Å². The van der Waals surface area contributed by atoms with Gasteiger partial charge >= 0.3 is 6.09 Å². The monoisotopic (exact) mass is 241 g/mol. The lowest BCUT2D eigenvalue weighted by Crippen LogP contribution is -2.38. The predicted molar refractivity (Wildman–Crippen MR) is 65.8 cm³/mol. The van der Waals surface area contributed by atoms with E-state index in [1.54, 1.807) is 4.90 Å². The van der Waals surface area contributed by atoms with Crippen LogP contribution in [0.3, 0.4) is 0 Å². The zero-order chi connectivity index (χ0) is 13.3. The Bertz CT molecular complexity index is 319. The molecule has 1 aliphatic heterocycles. The van der Waals surface area contributed by atoms with Crippen molar-refractivity contribution in [2.75, 3.05) is 13.1 Å². The summed E-state index contributed by atoms with van der Waals surface area (Å²) in [6.07, 6.45) is 0.947. The first-order valence-corrected chi connectivity index (χ1v) is 6.19. The Balaban J connectivity index is 2.62. The van der Waals surface area contributed by atoms with E-state index in [0.717, 1.165) is 6.42 Å². The third-order valence-electron chi connectivity index (χ3n) is 3.12. The van der Waals surface area contributed by atoms with Crippen LogP contribution in [0.4, 0.5) is 4.79 Å². The molecule has 0 bridgehead atoms. The van der Waals surface area contributed by atoms with Gasteiger partial charge in [0.15, 0.2) is 0 Å². The second-order valence-corrected chi connectivity index (χ2v) is 5.99. The number of likely N-dealkylation sites (tertiary alicyclic amines) is 1. The first-order chi connectivity index (χ1) is 7.68. The molecular weight excluding hydrogens is 218 g/mol. The Labute approximate surface area is 103 Å². The fraction of sp³-hybridized carbons (Fsp3) is 0.846. The van der Waals surface area contributed by atoms with Crippen LogP contribution in [0.15, 0.2) is 0 Å². The van der Waals surface area contributed by atoms with Crippen LogP contribution in [0.5, 0.6) is 0 Å². The van der Waals surface area contributed by atoms with E-state index in [-0.39, 0.29) is 17.3 Å². The highest BCUT2D eigenvalue weighted by Crippen LogP contribution is 2.32. The van der Waals surface area contributed by atoms with Crippen molar-refractivity contribution in [3.8, 4) is 0 Å². The molecule has 0 aromatic heterocycles. The van der Waals surface area contributed by atoms with Crippen molar-refractivity contribution >= 4 is 11.9 Å². The number of hydrogen-bond donors (Lipinski definition) is 0. The molecule has 1 saturated heterocycles. The van der Waals surface area contributed by atoms with Crippen LogP contribution >= 0.6 is 0 Å². The maximum atomic E-state index is 11.9. The van der Waals surface area contributed by atoms with Crippen LogP contribution in [0, 0.1) is 5.41 Å². The van der Waals surface area contributed by atoms with Crippen LogP contribution in [0.2, 0.25) is 0 Å². The van der Waals surface area contributed by atoms with Gasteiger partial charge < -0.3 is 9.64 Å². The Hall–Kier alpha value is -1.06. The van der Waals surface area contributed by atoms with Gasteiger partial charge in [-0.25, -0.2) is 4.79 Å². The van der Waals surface area contributed by atoms with Gasteiger partial charge in [-0.05, 0) is 27.2 Å². The summed E-state index contributed by atoms with van der Waals surface area (Å²) in [6, 6.07) is 0. The zero-order valence-electron chi connectivity index (χ0n) is 11.5. The lowest BCUT2D eigenvalue weighted by Gasteiger charge is -2.26. The molecule has 0 aromatic carbocycles. The van der Waals surface area contributed by atoms with Crippen molar-refractivity contribution in [2.45, 2.75) is 53.1 Å². The number of ketones is 1. The molecule has 1 fully saturated rings. The number of rotatable bonds is 2. The molecule has 17 heavy (non-hydrogen) atoms. The number of ether oxygens (including phenoxy) is 1. The number of carbonyl (C=O) groups excluding carboxylic acids is 2. The van der Waals surface area contributed by atoms with Crippen LogP contribution < -0.4 is 0 Å². The summed E-state index contributed by atoms with van der Waals surface area (Å²) in [5.41, 5.74) is -0.865. The first kappa shape index (κ1) is 14.0. The third-order valence-corrected chi connectivity index (χ3v) is 3.12. The summed E-state index contributed by atoms with van der Waals surface area (Å²) in [5.74, 6) is 0.226. The van der Waals surface area contributed by atoms with Crippen molar-refractivity contribution < 1.29 is 14.3 Å². The van der Waals surface area contributed by atoms with E-state index in [1.807, 2.05) is 34.6 Å². The zero-order valence-corrected chi connectivity index (χ0v) is 11.5. The van der Waals surface area contributed by atoms with E-state index in [2.05, 4.69) is 0 Å². The topological polar surface area (TPSA) is 46.6 Å². The largest absolute Gasteiger partial charge is 0.444 e. The number of amides is 1. The molecule has 4 heteroatoms. The minimum Gasteiger partial charge on any atom is -0.444 e. The van der Waals surface area contributed by atoms with Gasteiger partial charge in [0, 0.05) is 24.9 Å². The van der Waals surface area contributed by atoms with Gasteiger partial charge in [0.1, 0.15) is 11.4 Å². The molecule has 0 saturated carbocycles. The van der Waals surface area contributed by atoms with Crippen molar-refractivity contribution in [3.05, 3.63) is 0 Å². The number of carbonyl (C=O) groups is 2. The molecule has 1 atom stereocenters. The minimum atomic E-state index is -0.481. The summed E-state index contributed by atoms with van der Waals surface area (Å²) >= 11 is 0. The number of Topliss-reactive ketones (excluding diaryl/α,β-unsaturated/α-hetero) is 1.